The Morgan fingerprint density at radius 2 is 1.94 bits per heavy atom. The molecule has 0 aromatic heterocycles. The van der Waals surface area contributed by atoms with Crippen LogP contribution >= 0.6 is 0 Å². The molecule has 98 valence electrons. The third kappa shape index (κ3) is 3.28. The summed E-state index contributed by atoms with van der Waals surface area (Å²) < 4.78 is 44.3. The number of halogens is 3. The maximum Gasteiger partial charge on any atom is 0.573 e. The molecule has 4 nitrogen and oxygen atoms in total. The predicted octanol–water partition coefficient (Wildman–Crippen LogP) is 2.76. The Morgan fingerprint density at radius 3 is 2.50 bits per heavy atom. The van der Waals surface area contributed by atoms with Crippen molar-refractivity contribution in [3.05, 3.63) is 29.8 Å². The molecule has 1 aromatic rings. The van der Waals surface area contributed by atoms with E-state index < -0.39 is 12.5 Å². The van der Waals surface area contributed by atoms with Crippen LogP contribution in [-0.2, 0) is 4.74 Å². The van der Waals surface area contributed by atoms with Crippen LogP contribution in [0.2, 0.25) is 0 Å². The number of nitrogens with one attached hydrogen (secondary N) is 1. The molecule has 7 heteroatoms. The minimum absolute atomic E-state index is 0.244. The van der Waals surface area contributed by atoms with E-state index >= 15 is 0 Å². The topological polar surface area (TPSA) is 47.6 Å². The van der Waals surface area contributed by atoms with Crippen molar-refractivity contribution in [1.29, 1.82) is 0 Å². The minimum Gasteiger partial charge on any atom is -0.449 e. The van der Waals surface area contributed by atoms with E-state index in [-0.39, 0.29) is 18.4 Å². The Bertz CT molecular complexity index is 430. The van der Waals surface area contributed by atoms with Gasteiger partial charge in [0.05, 0.1) is 12.6 Å². The van der Waals surface area contributed by atoms with Gasteiger partial charge in [-0.05, 0) is 17.7 Å². The van der Waals surface area contributed by atoms with Crippen molar-refractivity contribution in [3.63, 3.8) is 0 Å². The van der Waals surface area contributed by atoms with Crippen molar-refractivity contribution >= 4 is 6.09 Å². The number of amides is 1. The molecule has 1 aliphatic rings. The molecule has 0 aliphatic carbocycles. The maximum absolute atomic E-state index is 12.0. The fourth-order valence-electron chi connectivity index (χ4n) is 1.68. The summed E-state index contributed by atoms with van der Waals surface area (Å²) in [6.45, 7) is 0.289. The number of carbonyl (C=O) groups excluding carboxylic acids is 1. The Kier molecular flexibility index (Phi) is 3.31. The summed E-state index contributed by atoms with van der Waals surface area (Å²) in [6, 6.07) is 5.15. The Morgan fingerprint density at radius 1 is 1.28 bits per heavy atom. The number of carbonyl (C=O) groups is 1. The van der Waals surface area contributed by atoms with E-state index in [1.54, 1.807) is 0 Å². The second kappa shape index (κ2) is 4.75. The number of ether oxygens (including phenoxy) is 2. The van der Waals surface area contributed by atoms with Gasteiger partial charge in [0.15, 0.2) is 0 Å². The molecule has 1 amide bonds. The molecule has 0 radical (unpaired) electrons. The quantitative estimate of drug-likeness (QED) is 0.890. The lowest BCUT2D eigenvalue weighted by Crippen LogP contribution is -2.35. The van der Waals surface area contributed by atoms with E-state index in [0.29, 0.717) is 12.0 Å². The van der Waals surface area contributed by atoms with Crippen LogP contribution in [0.5, 0.6) is 5.75 Å². The van der Waals surface area contributed by atoms with Crippen LogP contribution in [0.25, 0.3) is 0 Å². The Labute approximate surface area is 101 Å². The summed E-state index contributed by atoms with van der Waals surface area (Å²) in [5, 5.41) is 2.58. The first-order valence-corrected chi connectivity index (χ1v) is 5.23. The fourth-order valence-corrected chi connectivity index (χ4v) is 1.68. The van der Waals surface area contributed by atoms with E-state index in [0.717, 1.165) is 0 Å². The molecule has 2 rings (SSSR count). The first-order valence-electron chi connectivity index (χ1n) is 5.23. The van der Waals surface area contributed by atoms with Crippen LogP contribution in [0.1, 0.15) is 18.0 Å². The van der Waals surface area contributed by atoms with Crippen LogP contribution in [0.4, 0.5) is 18.0 Å². The normalized spacial score (nSPS) is 19.9. The Balaban J connectivity index is 2.05. The van der Waals surface area contributed by atoms with Crippen LogP contribution < -0.4 is 10.1 Å². The largest absolute Gasteiger partial charge is 0.573 e. The lowest BCUT2D eigenvalue weighted by Gasteiger charge is -2.23. The highest BCUT2D eigenvalue weighted by Gasteiger charge is 2.31. The summed E-state index contributed by atoms with van der Waals surface area (Å²) in [7, 11) is 0. The van der Waals surface area contributed by atoms with E-state index in [1.807, 2.05) is 0 Å². The lowest BCUT2D eigenvalue weighted by molar-refractivity contribution is -0.274. The summed E-state index contributed by atoms with van der Waals surface area (Å²) in [5.41, 5.74) is 0.709. The number of hydrogen-bond acceptors (Lipinski definition) is 3. The molecule has 0 spiro atoms. The zero-order valence-corrected chi connectivity index (χ0v) is 9.16. The van der Waals surface area contributed by atoms with Crippen molar-refractivity contribution in [3.8, 4) is 5.75 Å². The molecule has 1 saturated heterocycles. The van der Waals surface area contributed by atoms with Gasteiger partial charge < -0.3 is 14.8 Å². The first kappa shape index (κ1) is 12.5. The second-order valence-corrected chi connectivity index (χ2v) is 3.74. The average Bonchev–Trinajstić information content (AvgIpc) is 2.28. The molecule has 1 N–H and O–H groups in total. The summed E-state index contributed by atoms with van der Waals surface area (Å²) in [5.74, 6) is -0.287. The fraction of sp³-hybridized carbons (Fsp3) is 0.364. The van der Waals surface area contributed by atoms with Gasteiger partial charge in [-0.25, -0.2) is 4.79 Å². The van der Waals surface area contributed by atoms with Gasteiger partial charge in [0, 0.05) is 6.42 Å². The van der Waals surface area contributed by atoms with Crippen molar-refractivity contribution in [2.75, 3.05) is 6.61 Å². The lowest BCUT2D eigenvalue weighted by atomic mass is 10.0. The summed E-state index contributed by atoms with van der Waals surface area (Å²) >= 11 is 0. The zero-order chi connectivity index (χ0) is 13.2. The van der Waals surface area contributed by atoms with Gasteiger partial charge in [-0.15, -0.1) is 13.2 Å². The highest BCUT2D eigenvalue weighted by molar-refractivity contribution is 5.68. The van der Waals surface area contributed by atoms with Gasteiger partial charge in [0.25, 0.3) is 0 Å². The van der Waals surface area contributed by atoms with Gasteiger partial charge in [0.2, 0.25) is 0 Å². The maximum atomic E-state index is 12.0. The smallest absolute Gasteiger partial charge is 0.449 e. The molecule has 1 heterocycles. The van der Waals surface area contributed by atoms with Gasteiger partial charge >= 0.3 is 12.5 Å². The van der Waals surface area contributed by atoms with Crippen LogP contribution in [0.15, 0.2) is 24.3 Å². The van der Waals surface area contributed by atoms with Gasteiger partial charge in [-0.3, -0.25) is 0 Å². The monoisotopic (exact) mass is 261 g/mol. The molecular weight excluding hydrogens is 251 g/mol. The van der Waals surface area contributed by atoms with E-state index in [2.05, 4.69) is 10.1 Å². The molecule has 1 atom stereocenters. The van der Waals surface area contributed by atoms with Crippen LogP contribution in [0, 0.1) is 0 Å². The van der Waals surface area contributed by atoms with E-state index in [9.17, 15) is 18.0 Å². The SMILES string of the molecule is O=C1N[C@@H](c2ccc(OC(F)(F)F)cc2)CCO1. The van der Waals surface area contributed by atoms with Crippen molar-refractivity contribution < 1.29 is 27.4 Å². The predicted molar refractivity (Wildman–Crippen MR) is 55.0 cm³/mol. The molecule has 0 saturated carbocycles. The van der Waals surface area contributed by atoms with Crippen molar-refractivity contribution in [2.24, 2.45) is 0 Å². The highest BCUT2D eigenvalue weighted by Crippen LogP contribution is 2.26. The minimum atomic E-state index is -4.70. The summed E-state index contributed by atoms with van der Waals surface area (Å²) in [4.78, 5) is 11.0. The third-order valence-electron chi connectivity index (χ3n) is 2.45. The van der Waals surface area contributed by atoms with Crippen LogP contribution in [-0.4, -0.2) is 19.1 Å². The average molecular weight is 261 g/mol. The molecule has 18 heavy (non-hydrogen) atoms. The van der Waals surface area contributed by atoms with Gasteiger partial charge in [-0.2, -0.15) is 0 Å². The molecule has 0 unspecified atom stereocenters. The number of benzene rings is 1. The Hall–Kier alpha value is -1.92. The molecular formula is C11H10F3NO3. The molecule has 1 fully saturated rings. The van der Waals surface area contributed by atoms with E-state index in [4.69, 9.17) is 4.74 Å². The summed E-state index contributed by atoms with van der Waals surface area (Å²) in [6.07, 6.45) is -4.65. The second-order valence-electron chi connectivity index (χ2n) is 3.74. The van der Waals surface area contributed by atoms with Gasteiger partial charge in [0.1, 0.15) is 5.75 Å². The number of alkyl halides is 3. The van der Waals surface area contributed by atoms with Gasteiger partial charge in [-0.1, -0.05) is 12.1 Å². The van der Waals surface area contributed by atoms with Crippen molar-refractivity contribution in [1.82, 2.24) is 5.32 Å². The number of hydrogen-bond donors (Lipinski definition) is 1. The molecule has 1 aromatic carbocycles. The third-order valence-corrected chi connectivity index (χ3v) is 2.45. The standard InChI is InChI=1S/C11H10F3NO3/c12-11(13,14)18-8-3-1-7(2-4-8)9-5-6-17-10(16)15-9/h1-4,9H,5-6H2,(H,15,16)/t9-/m1/s1. The molecule has 0 bridgehead atoms. The first-order chi connectivity index (χ1) is 8.44. The highest BCUT2D eigenvalue weighted by atomic mass is 19.4. The van der Waals surface area contributed by atoms with E-state index in [1.165, 1.54) is 24.3 Å². The number of alkyl carbamates (subject to hydrolysis) is 1. The number of rotatable bonds is 2. The van der Waals surface area contributed by atoms with Crippen molar-refractivity contribution in [2.45, 2.75) is 18.8 Å². The van der Waals surface area contributed by atoms with Crippen LogP contribution in [0.3, 0.4) is 0 Å². The number of cyclic esters (lactones) is 1. The zero-order valence-electron chi connectivity index (χ0n) is 9.16. The molecule has 1 aliphatic heterocycles.